The normalized spacial score (nSPS) is 11.7. The van der Waals surface area contributed by atoms with Gasteiger partial charge in [-0.25, -0.2) is 9.78 Å². The number of hydrogen-bond donors (Lipinski definition) is 3. The van der Waals surface area contributed by atoms with Crippen molar-refractivity contribution in [2.75, 3.05) is 10.6 Å². The topological polar surface area (TPSA) is 83.3 Å². The molecule has 2 radical (unpaired) electrons. The SMILES string of the molecule is [B]c1cnn2c(NCc3cccc(NC(=O)N[C@@H](C)c4ccccc4)c3)cc(-c3ccccc3Cl)nc12. The molecule has 0 aliphatic carbocycles. The summed E-state index contributed by atoms with van der Waals surface area (Å²) in [5.41, 5.74) is 5.20. The molecule has 2 heterocycles. The first-order chi connectivity index (χ1) is 18.0. The van der Waals surface area contributed by atoms with Crippen LogP contribution in [0, 0.1) is 0 Å². The molecule has 1 atom stereocenters. The first kappa shape index (κ1) is 24.4. The van der Waals surface area contributed by atoms with Gasteiger partial charge in [-0.05, 0) is 41.7 Å². The Hall–Kier alpha value is -4.30. The summed E-state index contributed by atoms with van der Waals surface area (Å²) in [6.07, 6.45) is 1.57. The molecule has 2 amide bonds. The van der Waals surface area contributed by atoms with Crippen LogP contribution in [0.2, 0.25) is 5.02 Å². The number of hydrogen-bond acceptors (Lipinski definition) is 4. The van der Waals surface area contributed by atoms with E-state index >= 15 is 0 Å². The van der Waals surface area contributed by atoms with E-state index in [1.165, 1.54) is 0 Å². The number of amides is 2. The van der Waals surface area contributed by atoms with Crippen LogP contribution in [0.4, 0.5) is 16.3 Å². The zero-order chi connectivity index (χ0) is 25.8. The van der Waals surface area contributed by atoms with Crippen LogP contribution in [0.1, 0.15) is 24.1 Å². The van der Waals surface area contributed by atoms with Gasteiger partial charge < -0.3 is 16.0 Å². The lowest BCUT2D eigenvalue weighted by atomic mass is 10.0. The number of rotatable bonds is 7. The molecule has 3 N–H and O–H groups in total. The average Bonchev–Trinajstić information content (AvgIpc) is 3.29. The minimum atomic E-state index is -0.270. The Morgan fingerprint density at radius 2 is 1.81 bits per heavy atom. The van der Waals surface area contributed by atoms with E-state index in [2.05, 4.69) is 26.0 Å². The first-order valence-corrected chi connectivity index (χ1v) is 12.2. The fourth-order valence-electron chi connectivity index (χ4n) is 4.05. The van der Waals surface area contributed by atoms with Crippen molar-refractivity contribution >= 4 is 48.1 Å². The number of urea groups is 1. The summed E-state index contributed by atoms with van der Waals surface area (Å²) in [7, 11) is 6.12. The van der Waals surface area contributed by atoms with E-state index in [0.717, 1.165) is 16.7 Å². The lowest BCUT2D eigenvalue weighted by Gasteiger charge is -2.16. The summed E-state index contributed by atoms with van der Waals surface area (Å²) in [6, 6.07) is 26.5. The van der Waals surface area contributed by atoms with Gasteiger partial charge in [-0.3, -0.25) is 0 Å². The molecule has 5 rings (SSSR count). The molecule has 0 unspecified atom stereocenters. The first-order valence-electron chi connectivity index (χ1n) is 11.8. The van der Waals surface area contributed by atoms with Crippen LogP contribution in [-0.4, -0.2) is 28.5 Å². The summed E-state index contributed by atoms with van der Waals surface area (Å²) in [5.74, 6) is 0.712. The van der Waals surface area contributed by atoms with Crippen LogP contribution >= 0.6 is 11.6 Å². The van der Waals surface area contributed by atoms with Gasteiger partial charge in [0.05, 0.1) is 11.7 Å². The number of anilines is 2. The van der Waals surface area contributed by atoms with E-state index in [1.807, 2.05) is 91.9 Å². The molecule has 0 fully saturated rings. The summed E-state index contributed by atoms with van der Waals surface area (Å²) in [5, 5.41) is 14.3. The molecule has 0 saturated carbocycles. The summed E-state index contributed by atoms with van der Waals surface area (Å²) in [4.78, 5) is 17.2. The fraction of sp³-hybridized carbons (Fsp3) is 0.107. The van der Waals surface area contributed by atoms with Crippen LogP contribution < -0.4 is 21.4 Å². The Labute approximate surface area is 221 Å². The highest BCUT2D eigenvalue weighted by molar-refractivity contribution is 6.36. The highest BCUT2D eigenvalue weighted by Gasteiger charge is 2.13. The van der Waals surface area contributed by atoms with Crippen molar-refractivity contribution in [1.29, 1.82) is 0 Å². The minimum absolute atomic E-state index is 0.117. The van der Waals surface area contributed by atoms with Crippen molar-refractivity contribution in [2.24, 2.45) is 0 Å². The van der Waals surface area contributed by atoms with E-state index in [0.29, 0.717) is 39.9 Å². The third-order valence-corrected chi connectivity index (χ3v) is 6.28. The number of nitrogens with one attached hydrogen (secondary N) is 3. The molecule has 2 aromatic heterocycles. The van der Waals surface area contributed by atoms with Gasteiger partial charge in [0.2, 0.25) is 0 Å². The Balaban J connectivity index is 1.31. The number of carbonyl (C=O) groups is 1. The predicted octanol–water partition coefficient (Wildman–Crippen LogP) is 5.34. The van der Waals surface area contributed by atoms with E-state index in [9.17, 15) is 4.79 Å². The molecular weight excluding hydrogens is 483 g/mol. The highest BCUT2D eigenvalue weighted by Crippen LogP contribution is 2.28. The molecule has 0 bridgehead atoms. The second-order valence-electron chi connectivity index (χ2n) is 8.63. The Morgan fingerprint density at radius 3 is 2.62 bits per heavy atom. The average molecular weight is 507 g/mol. The maximum atomic E-state index is 12.6. The fourth-order valence-corrected chi connectivity index (χ4v) is 4.29. The van der Waals surface area contributed by atoms with Gasteiger partial charge >= 0.3 is 6.03 Å². The van der Waals surface area contributed by atoms with Crippen LogP contribution in [0.5, 0.6) is 0 Å². The zero-order valence-electron chi connectivity index (χ0n) is 20.1. The standard InChI is InChI=1S/C28H24BClN6O/c1-18(20-9-3-2-4-10-20)33-28(37)34-21-11-7-8-19(14-21)16-31-26-15-25(22-12-5-6-13-24(22)30)35-27-23(29)17-32-36(26)27/h2-15,17-18,31H,16H2,1H3,(H2,33,34,37)/t18-/m0/s1. The van der Waals surface area contributed by atoms with Gasteiger partial charge in [-0.1, -0.05) is 72.3 Å². The molecule has 9 heteroatoms. The number of carbonyl (C=O) groups excluding carboxylic acids is 1. The summed E-state index contributed by atoms with van der Waals surface area (Å²) >= 11 is 6.42. The lowest BCUT2D eigenvalue weighted by Crippen LogP contribution is -2.31. The monoisotopic (exact) mass is 506 g/mol. The van der Waals surface area contributed by atoms with Crippen molar-refractivity contribution in [3.8, 4) is 11.3 Å². The molecular formula is C28H24BClN6O. The van der Waals surface area contributed by atoms with Gasteiger partial charge in [-0.2, -0.15) is 9.61 Å². The minimum Gasteiger partial charge on any atom is -0.366 e. The van der Waals surface area contributed by atoms with E-state index < -0.39 is 0 Å². The van der Waals surface area contributed by atoms with Crippen molar-refractivity contribution in [3.63, 3.8) is 0 Å². The Bertz CT molecular complexity index is 1560. The van der Waals surface area contributed by atoms with Crippen LogP contribution in [-0.2, 0) is 6.54 Å². The van der Waals surface area contributed by atoms with Crippen molar-refractivity contribution < 1.29 is 4.79 Å². The van der Waals surface area contributed by atoms with E-state index in [1.54, 1.807) is 10.7 Å². The van der Waals surface area contributed by atoms with Gasteiger partial charge in [0.25, 0.3) is 0 Å². The van der Waals surface area contributed by atoms with Gasteiger partial charge in [0.15, 0.2) is 5.65 Å². The van der Waals surface area contributed by atoms with Crippen molar-refractivity contribution in [1.82, 2.24) is 19.9 Å². The van der Waals surface area contributed by atoms with Gasteiger partial charge in [-0.15, -0.1) is 0 Å². The molecule has 0 spiro atoms. The summed E-state index contributed by atoms with van der Waals surface area (Å²) in [6.45, 7) is 2.43. The molecule has 0 aliphatic rings. The number of nitrogens with zero attached hydrogens (tertiary/aromatic N) is 3. The van der Waals surface area contributed by atoms with E-state index in [-0.39, 0.29) is 12.1 Å². The Kier molecular flexibility index (Phi) is 7.10. The third kappa shape index (κ3) is 5.60. The number of fused-ring (bicyclic) bond motifs is 1. The maximum Gasteiger partial charge on any atom is 0.319 e. The molecule has 0 aliphatic heterocycles. The number of halogens is 1. The predicted molar refractivity (Wildman–Crippen MR) is 150 cm³/mol. The molecule has 37 heavy (non-hydrogen) atoms. The number of aromatic nitrogens is 3. The molecule has 3 aromatic carbocycles. The largest absolute Gasteiger partial charge is 0.366 e. The quantitative estimate of drug-likeness (QED) is 0.260. The molecule has 5 aromatic rings. The number of benzene rings is 3. The maximum absolute atomic E-state index is 12.6. The third-order valence-electron chi connectivity index (χ3n) is 5.95. The second kappa shape index (κ2) is 10.8. The second-order valence-corrected chi connectivity index (χ2v) is 9.03. The van der Waals surface area contributed by atoms with E-state index in [4.69, 9.17) is 19.4 Å². The van der Waals surface area contributed by atoms with Crippen LogP contribution in [0.3, 0.4) is 0 Å². The zero-order valence-corrected chi connectivity index (χ0v) is 20.9. The van der Waals surface area contributed by atoms with Crippen LogP contribution in [0.15, 0.2) is 91.1 Å². The van der Waals surface area contributed by atoms with Gasteiger partial charge in [0, 0.05) is 35.1 Å². The van der Waals surface area contributed by atoms with Crippen molar-refractivity contribution in [3.05, 3.63) is 107 Å². The van der Waals surface area contributed by atoms with Crippen LogP contribution in [0.25, 0.3) is 16.9 Å². The highest BCUT2D eigenvalue weighted by atomic mass is 35.5. The Morgan fingerprint density at radius 1 is 1.03 bits per heavy atom. The summed E-state index contributed by atoms with van der Waals surface area (Å²) < 4.78 is 1.66. The lowest BCUT2D eigenvalue weighted by molar-refractivity contribution is 0.249. The van der Waals surface area contributed by atoms with Gasteiger partial charge in [0.1, 0.15) is 13.7 Å². The molecule has 7 nitrogen and oxygen atoms in total. The molecule has 0 saturated heterocycles. The van der Waals surface area contributed by atoms with Crippen molar-refractivity contribution in [2.45, 2.75) is 19.5 Å². The molecule has 182 valence electrons. The smallest absolute Gasteiger partial charge is 0.319 e.